The molecule has 0 aliphatic heterocycles. The van der Waals surface area contributed by atoms with Crippen molar-refractivity contribution >= 4 is 5.91 Å². The summed E-state index contributed by atoms with van der Waals surface area (Å²) < 4.78 is 16.6. The van der Waals surface area contributed by atoms with Crippen LogP contribution in [0.2, 0.25) is 0 Å². The lowest BCUT2D eigenvalue weighted by Crippen LogP contribution is -2.29. The number of amides is 1. The Morgan fingerprint density at radius 1 is 0.909 bits per heavy atom. The van der Waals surface area contributed by atoms with E-state index in [-0.39, 0.29) is 11.8 Å². The fourth-order valence-corrected chi connectivity index (χ4v) is 3.67. The number of nitrogens with one attached hydrogen (secondary N) is 1. The number of carbonyl (C=O) groups is 1. The Morgan fingerprint density at radius 2 is 1.64 bits per heavy atom. The smallest absolute Gasteiger partial charge is 0.251 e. The van der Waals surface area contributed by atoms with Crippen LogP contribution in [0.4, 0.5) is 0 Å². The van der Waals surface area contributed by atoms with Crippen LogP contribution in [0.3, 0.4) is 0 Å². The first kappa shape index (κ1) is 24.2. The Bertz CT molecular complexity index is 1000. The Morgan fingerprint density at radius 3 is 2.30 bits per heavy atom. The molecule has 5 nitrogen and oxygen atoms in total. The number of carbonyl (C=O) groups excluding carboxylic acids is 1. The van der Waals surface area contributed by atoms with Gasteiger partial charge in [-0.1, -0.05) is 49.7 Å². The molecule has 1 N–H and O–H groups in total. The summed E-state index contributed by atoms with van der Waals surface area (Å²) in [5, 5.41) is 3.10. The van der Waals surface area contributed by atoms with Gasteiger partial charge in [-0.25, -0.2) is 0 Å². The molecule has 0 radical (unpaired) electrons. The zero-order chi connectivity index (χ0) is 23.5. The van der Waals surface area contributed by atoms with Gasteiger partial charge in [0.2, 0.25) is 0 Å². The van der Waals surface area contributed by atoms with Crippen molar-refractivity contribution in [1.29, 1.82) is 0 Å². The van der Waals surface area contributed by atoms with E-state index in [0.29, 0.717) is 30.2 Å². The second-order valence-electron chi connectivity index (χ2n) is 7.94. The lowest BCUT2D eigenvalue weighted by molar-refractivity contribution is 0.0951. The lowest BCUT2D eigenvalue weighted by Gasteiger charge is -2.20. The van der Waals surface area contributed by atoms with E-state index < -0.39 is 0 Å². The zero-order valence-electron chi connectivity index (χ0n) is 19.7. The van der Waals surface area contributed by atoms with E-state index in [1.165, 1.54) is 5.56 Å². The molecule has 0 saturated heterocycles. The van der Waals surface area contributed by atoms with Gasteiger partial charge in [0.1, 0.15) is 5.75 Å². The number of hydrogen-bond donors (Lipinski definition) is 1. The van der Waals surface area contributed by atoms with Crippen LogP contribution in [-0.2, 0) is 6.42 Å². The van der Waals surface area contributed by atoms with Gasteiger partial charge in [-0.3, -0.25) is 4.79 Å². The molecule has 33 heavy (non-hydrogen) atoms. The number of ether oxygens (including phenoxy) is 3. The van der Waals surface area contributed by atoms with E-state index in [0.717, 1.165) is 30.6 Å². The van der Waals surface area contributed by atoms with Gasteiger partial charge in [-0.2, -0.15) is 0 Å². The maximum absolute atomic E-state index is 12.8. The molecule has 0 unspecified atom stereocenters. The minimum Gasteiger partial charge on any atom is -0.494 e. The topological polar surface area (TPSA) is 56.8 Å². The number of hydrogen-bond acceptors (Lipinski definition) is 4. The molecule has 0 heterocycles. The summed E-state index contributed by atoms with van der Waals surface area (Å²) >= 11 is 0. The van der Waals surface area contributed by atoms with Crippen molar-refractivity contribution in [1.82, 2.24) is 5.32 Å². The molecule has 0 fully saturated rings. The monoisotopic (exact) mass is 447 g/mol. The standard InChI is InChI=1S/C28H33NO4/c1-4-5-17-33-25-14-11-22(12-15-25)28(30)29-20-24(18-21-9-7-6-8-10-21)23-13-16-26(31-2)27(19-23)32-3/h6-16,19,24H,4-5,17-18,20H2,1-3H3,(H,29,30)/t24-/m1/s1. The Balaban J connectivity index is 1.71. The minimum absolute atomic E-state index is 0.0767. The molecule has 0 aliphatic carbocycles. The highest BCUT2D eigenvalue weighted by molar-refractivity contribution is 5.94. The predicted molar refractivity (Wildman–Crippen MR) is 132 cm³/mol. The molecule has 0 aliphatic rings. The maximum Gasteiger partial charge on any atom is 0.251 e. The van der Waals surface area contributed by atoms with Crippen molar-refractivity contribution in [3.63, 3.8) is 0 Å². The highest BCUT2D eigenvalue weighted by atomic mass is 16.5. The van der Waals surface area contributed by atoms with Gasteiger partial charge < -0.3 is 19.5 Å². The average Bonchev–Trinajstić information content (AvgIpc) is 2.87. The maximum atomic E-state index is 12.8. The molecule has 3 rings (SSSR count). The summed E-state index contributed by atoms with van der Waals surface area (Å²) in [6, 6.07) is 23.5. The first-order valence-corrected chi connectivity index (χ1v) is 11.4. The van der Waals surface area contributed by atoms with Gasteiger partial charge in [0.05, 0.1) is 20.8 Å². The number of rotatable bonds is 12. The Labute approximate surface area is 196 Å². The minimum atomic E-state index is -0.103. The summed E-state index contributed by atoms with van der Waals surface area (Å²) in [6.07, 6.45) is 2.90. The van der Waals surface area contributed by atoms with Crippen LogP contribution in [0.1, 0.15) is 47.2 Å². The fourth-order valence-electron chi connectivity index (χ4n) is 3.67. The largest absolute Gasteiger partial charge is 0.494 e. The van der Waals surface area contributed by atoms with Gasteiger partial charge in [-0.15, -0.1) is 0 Å². The SMILES string of the molecule is CCCCOc1ccc(C(=O)NC[C@@H](Cc2ccccc2)c2ccc(OC)c(OC)c2)cc1. The van der Waals surface area contributed by atoms with Crippen LogP contribution >= 0.6 is 0 Å². The third-order valence-electron chi connectivity index (χ3n) is 5.60. The van der Waals surface area contributed by atoms with Gasteiger partial charge in [0.25, 0.3) is 5.91 Å². The molecule has 5 heteroatoms. The summed E-state index contributed by atoms with van der Waals surface area (Å²) in [5.41, 5.74) is 2.90. The third kappa shape index (κ3) is 7.01. The normalized spacial score (nSPS) is 11.5. The summed E-state index contributed by atoms with van der Waals surface area (Å²) in [4.78, 5) is 12.8. The van der Waals surface area contributed by atoms with Crippen molar-refractivity contribution in [2.45, 2.75) is 32.1 Å². The summed E-state index contributed by atoms with van der Waals surface area (Å²) in [6.45, 7) is 3.32. The first-order chi connectivity index (χ1) is 16.1. The third-order valence-corrected chi connectivity index (χ3v) is 5.60. The van der Waals surface area contributed by atoms with E-state index >= 15 is 0 Å². The van der Waals surface area contributed by atoms with Crippen molar-refractivity contribution < 1.29 is 19.0 Å². The van der Waals surface area contributed by atoms with Crippen LogP contribution in [0.5, 0.6) is 17.2 Å². The van der Waals surface area contributed by atoms with Crippen LogP contribution < -0.4 is 19.5 Å². The van der Waals surface area contributed by atoms with E-state index in [2.05, 4.69) is 24.4 Å². The first-order valence-electron chi connectivity index (χ1n) is 11.4. The highest BCUT2D eigenvalue weighted by Gasteiger charge is 2.17. The number of methoxy groups -OCH3 is 2. The molecule has 174 valence electrons. The van der Waals surface area contributed by atoms with Crippen molar-refractivity contribution in [3.05, 3.63) is 89.5 Å². The van der Waals surface area contributed by atoms with Crippen molar-refractivity contribution in [2.24, 2.45) is 0 Å². The van der Waals surface area contributed by atoms with Crippen LogP contribution in [0.25, 0.3) is 0 Å². The van der Waals surface area contributed by atoms with Crippen LogP contribution in [0.15, 0.2) is 72.8 Å². The zero-order valence-corrected chi connectivity index (χ0v) is 19.7. The fraction of sp³-hybridized carbons (Fsp3) is 0.321. The predicted octanol–water partition coefficient (Wildman–Crippen LogP) is 5.64. The molecule has 0 spiro atoms. The Hall–Kier alpha value is -3.47. The molecular formula is C28H33NO4. The molecule has 3 aromatic carbocycles. The van der Waals surface area contributed by atoms with Gasteiger partial charge in [0.15, 0.2) is 11.5 Å². The van der Waals surface area contributed by atoms with Gasteiger partial charge >= 0.3 is 0 Å². The quantitative estimate of drug-likeness (QED) is 0.365. The molecule has 0 saturated carbocycles. The lowest BCUT2D eigenvalue weighted by atomic mass is 9.91. The molecule has 0 aromatic heterocycles. The molecule has 0 bridgehead atoms. The van der Waals surface area contributed by atoms with E-state index in [4.69, 9.17) is 14.2 Å². The molecule has 3 aromatic rings. The molecule has 1 atom stereocenters. The van der Waals surface area contributed by atoms with Crippen molar-refractivity contribution in [3.8, 4) is 17.2 Å². The van der Waals surface area contributed by atoms with E-state index in [9.17, 15) is 4.79 Å². The van der Waals surface area contributed by atoms with Crippen LogP contribution in [-0.4, -0.2) is 33.3 Å². The van der Waals surface area contributed by atoms with Gasteiger partial charge in [0, 0.05) is 18.0 Å². The van der Waals surface area contributed by atoms with Crippen LogP contribution in [0, 0.1) is 0 Å². The van der Waals surface area contributed by atoms with E-state index in [1.54, 1.807) is 26.4 Å². The van der Waals surface area contributed by atoms with E-state index in [1.807, 2.05) is 48.5 Å². The average molecular weight is 448 g/mol. The second-order valence-corrected chi connectivity index (χ2v) is 7.94. The number of unbranched alkanes of at least 4 members (excludes halogenated alkanes) is 1. The Kier molecular flexibility index (Phi) is 9.19. The molecule has 1 amide bonds. The van der Waals surface area contributed by atoms with Crippen molar-refractivity contribution in [2.75, 3.05) is 27.4 Å². The second kappa shape index (κ2) is 12.5. The number of benzene rings is 3. The molecular weight excluding hydrogens is 414 g/mol. The highest BCUT2D eigenvalue weighted by Crippen LogP contribution is 2.32. The summed E-state index contributed by atoms with van der Waals surface area (Å²) in [7, 11) is 3.25. The van der Waals surface area contributed by atoms with Gasteiger partial charge in [-0.05, 0) is 60.4 Å². The summed E-state index contributed by atoms with van der Waals surface area (Å²) in [5.74, 6) is 2.12.